The molecule has 0 radical (unpaired) electrons. The number of Topliss-reactive ketones (excluding diaryl/α,β-unsaturated/α-hetero) is 1. The summed E-state index contributed by atoms with van der Waals surface area (Å²) in [5.74, 6) is -0.177. The number of fused-ring (bicyclic) bond motifs is 1. The van der Waals surface area contributed by atoms with Crippen molar-refractivity contribution in [3.8, 4) is 0 Å². The van der Waals surface area contributed by atoms with Gasteiger partial charge in [0.2, 0.25) is 0 Å². The highest BCUT2D eigenvalue weighted by atomic mass is 16.3. The predicted molar refractivity (Wildman–Crippen MR) is 70.0 cm³/mol. The Hall–Kier alpha value is -0.410. The van der Waals surface area contributed by atoms with Crippen molar-refractivity contribution in [2.24, 2.45) is 23.7 Å². The van der Waals surface area contributed by atoms with E-state index in [1.165, 1.54) is 0 Å². The molecule has 0 saturated heterocycles. The van der Waals surface area contributed by atoms with Gasteiger partial charge in [0.25, 0.3) is 0 Å². The average Bonchev–Trinajstić information content (AvgIpc) is 2.25. The number of rotatable bonds is 1. The van der Waals surface area contributed by atoms with E-state index in [2.05, 4.69) is 0 Å². The molecule has 3 nitrogen and oxygen atoms in total. The largest absolute Gasteiger partial charge is 0.390 e. The summed E-state index contributed by atoms with van der Waals surface area (Å²) in [5, 5.41) is 21.3. The van der Waals surface area contributed by atoms with Crippen LogP contribution in [0.1, 0.15) is 53.4 Å². The van der Waals surface area contributed by atoms with Crippen molar-refractivity contribution in [1.29, 1.82) is 0 Å². The molecule has 0 aromatic rings. The SMILES string of the molecule is C[C@H]1CCC2(O)C(C1=O)[C@H](C(C)(C)O)CC[C@@H]2C. The van der Waals surface area contributed by atoms with E-state index in [0.717, 1.165) is 19.3 Å². The maximum absolute atomic E-state index is 12.5. The number of carbonyl (C=O) groups is 1. The van der Waals surface area contributed by atoms with E-state index >= 15 is 0 Å². The zero-order valence-corrected chi connectivity index (χ0v) is 11.9. The van der Waals surface area contributed by atoms with Crippen LogP contribution in [0.15, 0.2) is 0 Å². The Balaban J connectivity index is 2.40. The lowest BCUT2D eigenvalue weighted by Crippen LogP contribution is -2.61. The first-order chi connectivity index (χ1) is 8.18. The van der Waals surface area contributed by atoms with E-state index in [1.807, 2.05) is 13.8 Å². The van der Waals surface area contributed by atoms with Gasteiger partial charge in [-0.05, 0) is 51.4 Å². The normalized spacial score (nSPS) is 45.8. The van der Waals surface area contributed by atoms with E-state index in [9.17, 15) is 15.0 Å². The zero-order chi connectivity index (χ0) is 13.7. The molecule has 2 aliphatic carbocycles. The Bertz CT molecular complexity index is 344. The minimum Gasteiger partial charge on any atom is -0.390 e. The van der Waals surface area contributed by atoms with E-state index < -0.39 is 11.2 Å². The van der Waals surface area contributed by atoms with Crippen LogP contribution in [0.3, 0.4) is 0 Å². The lowest BCUT2D eigenvalue weighted by atomic mass is 9.53. The fraction of sp³-hybridized carbons (Fsp3) is 0.933. The molecule has 0 aliphatic heterocycles. The highest BCUT2D eigenvalue weighted by molar-refractivity contribution is 5.85. The molecule has 2 N–H and O–H groups in total. The molecule has 2 rings (SSSR count). The topological polar surface area (TPSA) is 57.5 Å². The summed E-state index contributed by atoms with van der Waals surface area (Å²) in [4.78, 5) is 12.5. The summed E-state index contributed by atoms with van der Waals surface area (Å²) < 4.78 is 0. The summed E-state index contributed by atoms with van der Waals surface area (Å²) in [6.07, 6.45) is 3.19. The highest BCUT2D eigenvalue weighted by Crippen LogP contribution is 2.52. The summed E-state index contributed by atoms with van der Waals surface area (Å²) in [5.41, 5.74) is -1.79. The van der Waals surface area contributed by atoms with Crippen LogP contribution in [0.25, 0.3) is 0 Å². The molecular weight excluding hydrogens is 228 g/mol. The van der Waals surface area contributed by atoms with Crippen molar-refractivity contribution in [2.75, 3.05) is 0 Å². The third kappa shape index (κ3) is 2.01. The van der Waals surface area contributed by atoms with Crippen LogP contribution in [-0.2, 0) is 4.79 Å². The molecule has 0 aromatic carbocycles. The van der Waals surface area contributed by atoms with E-state index in [0.29, 0.717) is 6.42 Å². The molecule has 0 amide bonds. The molecule has 2 fully saturated rings. The second kappa shape index (κ2) is 4.31. The van der Waals surface area contributed by atoms with Gasteiger partial charge in [-0.3, -0.25) is 4.79 Å². The smallest absolute Gasteiger partial charge is 0.142 e. The third-order valence-corrected chi connectivity index (χ3v) is 5.38. The lowest BCUT2D eigenvalue weighted by molar-refractivity contribution is -0.184. The van der Waals surface area contributed by atoms with Gasteiger partial charge in [0.1, 0.15) is 5.78 Å². The Morgan fingerprint density at radius 1 is 1.22 bits per heavy atom. The second-order valence-corrected chi connectivity index (χ2v) is 7.05. The van der Waals surface area contributed by atoms with Crippen LogP contribution in [-0.4, -0.2) is 27.2 Å². The zero-order valence-electron chi connectivity index (χ0n) is 11.9. The first-order valence-electron chi connectivity index (χ1n) is 7.16. The molecule has 2 aliphatic rings. The van der Waals surface area contributed by atoms with Crippen LogP contribution < -0.4 is 0 Å². The third-order valence-electron chi connectivity index (χ3n) is 5.38. The molecule has 2 saturated carbocycles. The average molecular weight is 254 g/mol. The number of hydrogen-bond donors (Lipinski definition) is 2. The van der Waals surface area contributed by atoms with Gasteiger partial charge >= 0.3 is 0 Å². The van der Waals surface area contributed by atoms with Gasteiger partial charge in [-0.1, -0.05) is 13.8 Å². The summed E-state index contributed by atoms with van der Waals surface area (Å²) in [6, 6.07) is 0. The fourth-order valence-corrected chi connectivity index (χ4v) is 4.01. The second-order valence-electron chi connectivity index (χ2n) is 7.05. The molecular formula is C15H26O3. The molecule has 0 heterocycles. The number of ketones is 1. The maximum atomic E-state index is 12.5. The predicted octanol–water partition coefficient (Wildman–Crippen LogP) is 2.15. The highest BCUT2D eigenvalue weighted by Gasteiger charge is 2.57. The molecule has 0 aromatic heterocycles. The number of carbonyl (C=O) groups excluding carboxylic acids is 1. The molecule has 18 heavy (non-hydrogen) atoms. The Labute approximate surface area is 110 Å². The number of hydrogen-bond acceptors (Lipinski definition) is 3. The molecule has 3 heteroatoms. The van der Waals surface area contributed by atoms with Crippen LogP contribution in [0, 0.1) is 23.7 Å². The van der Waals surface area contributed by atoms with Crippen molar-refractivity contribution in [2.45, 2.75) is 64.6 Å². The van der Waals surface area contributed by atoms with Crippen molar-refractivity contribution < 1.29 is 15.0 Å². The lowest BCUT2D eigenvalue weighted by Gasteiger charge is -2.54. The van der Waals surface area contributed by atoms with Crippen molar-refractivity contribution >= 4 is 5.78 Å². The minimum atomic E-state index is -0.897. The molecule has 104 valence electrons. The monoisotopic (exact) mass is 254 g/mol. The standard InChI is InChI=1S/C15H26O3/c1-9-7-8-15(18)10(2)5-6-11(14(3,4)17)12(15)13(9)16/h9-12,17-18H,5-8H2,1-4H3/t9-,10-,11+,12?,15?/m0/s1. The Morgan fingerprint density at radius 3 is 2.39 bits per heavy atom. The van der Waals surface area contributed by atoms with Crippen molar-refractivity contribution in [3.05, 3.63) is 0 Å². The van der Waals surface area contributed by atoms with Crippen molar-refractivity contribution in [1.82, 2.24) is 0 Å². The maximum Gasteiger partial charge on any atom is 0.142 e. The number of aliphatic hydroxyl groups is 2. The van der Waals surface area contributed by atoms with Gasteiger partial charge in [0.15, 0.2) is 0 Å². The van der Waals surface area contributed by atoms with Crippen molar-refractivity contribution in [3.63, 3.8) is 0 Å². The Morgan fingerprint density at radius 2 is 1.83 bits per heavy atom. The van der Waals surface area contributed by atoms with Gasteiger partial charge in [0.05, 0.1) is 17.1 Å². The molecule has 0 bridgehead atoms. The van der Waals surface area contributed by atoms with Crippen LogP contribution in [0.5, 0.6) is 0 Å². The first-order valence-corrected chi connectivity index (χ1v) is 7.16. The van der Waals surface area contributed by atoms with Crippen LogP contribution in [0.4, 0.5) is 0 Å². The minimum absolute atomic E-state index is 0.0189. The summed E-state index contributed by atoms with van der Waals surface area (Å²) in [6.45, 7) is 7.51. The quantitative estimate of drug-likeness (QED) is 0.754. The summed E-state index contributed by atoms with van der Waals surface area (Å²) in [7, 11) is 0. The van der Waals surface area contributed by atoms with E-state index in [4.69, 9.17) is 0 Å². The van der Waals surface area contributed by atoms with Crippen LogP contribution in [0.2, 0.25) is 0 Å². The molecule has 5 atom stereocenters. The van der Waals surface area contributed by atoms with Gasteiger partial charge < -0.3 is 10.2 Å². The Kier molecular flexibility index (Phi) is 3.35. The molecule has 0 spiro atoms. The van der Waals surface area contributed by atoms with Crippen LogP contribution >= 0.6 is 0 Å². The van der Waals surface area contributed by atoms with E-state index in [-0.39, 0.29) is 29.5 Å². The van der Waals surface area contributed by atoms with Gasteiger partial charge in [0, 0.05) is 5.92 Å². The fourth-order valence-electron chi connectivity index (χ4n) is 4.01. The van der Waals surface area contributed by atoms with Gasteiger partial charge in [-0.2, -0.15) is 0 Å². The molecule has 2 unspecified atom stereocenters. The first kappa shape index (κ1) is 14.0. The van der Waals surface area contributed by atoms with Gasteiger partial charge in [-0.25, -0.2) is 0 Å². The van der Waals surface area contributed by atoms with E-state index in [1.54, 1.807) is 13.8 Å². The summed E-state index contributed by atoms with van der Waals surface area (Å²) >= 11 is 0. The van der Waals surface area contributed by atoms with Gasteiger partial charge in [-0.15, -0.1) is 0 Å².